The summed E-state index contributed by atoms with van der Waals surface area (Å²) < 4.78 is 32.8. The molecule has 30 heavy (non-hydrogen) atoms. The summed E-state index contributed by atoms with van der Waals surface area (Å²) in [4.78, 5) is 12.3. The number of ether oxygens (including phenoxy) is 1. The molecule has 0 bridgehead atoms. The molecule has 0 aliphatic carbocycles. The van der Waals surface area contributed by atoms with Gasteiger partial charge in [-0.15, -0.1) is 0 Å². The van der Waals surface area contributed by atoms with E-state index >= 15 is 0 Å². The molecule has 0 aromatic heterocycles. The van der Waals surface area contributed by atoms with Gasteiger partial charge in [-0.1, -0.05) is 32.9 Å². The summed E-state index contributed by atoms with van der Waals surface area (Å²) >= 11 is 0. The third kappa shape index (κ3) is 6.85. The summed E-state index contributed by atoms with van der Waals surface area (Å²) in [5, 5.41) is 2.70. The highest BCUT2D eigenvalue weighted by atomic mass is 32.2. The molecule has 0 radical (unpaired) electrons. The van der Waals surface area contributed by atoms with Crippen LogP contribution in [0.25, 0.3) is 0 Å². The van der Waals surface area contributed by atoms with Crippen molar-refractivity contribution in [2.75, 3.05) is 11.9 Å². The van der Waals surface area contributed by atoms with Gasteiger partial charge in [-0.05, 0) is 74.6 Å². The summed E-state index contributed by atoms with van der Waals surface area (Å²) in [5.74, 6) is 0.298. The second-order valence-corrected chi connectivity index (χ2v) is 10.7. The number of nitrogens with one attached hydrogen (secondary N) is 2. The van der Waals surface area contributed by atoms with Crippen molar-refractivity contribution >= 4 is 21.6 Å². The molecular weight excluding hydrogens is 400 g/mol. The first kappa shape index (κ1) is 23.9. The number of amides is 1. The van der Waals surface area contributed by atoms with Crippen molar-refractivity contribution in [3.63, 3.8) is 0 Å². The number of hydrogen-bond donors (Lipinski definition) is 2. The zero-order valence-corrected chi connectivity index (χ0v) is 19.4. The lowest BCUT2D eigenvalue weighted by Gasteiger charge is -2.23. The van der Waals surface area contributed by atoms with E-state index < -0.39 is 15.6 Å². The Morgan fingerprint density at radius 3 is 2.00 bits per heavy atom. The van der Waals surface area contributed by atoms with E-state index in [9.17, 15) is 13.2 Å². The van der Waals surface area contributed by atoms with Crippen LogP contribution in [0.15, 0.2) is 53.4 Å². The van der Waals surface area contributed by atoms with E-state index in [1.807, 2.05) is 24.3 Å². The SMILES string of the molecule is CCC(C)(C)c1ccc(OCC(=O)Nc2ccc(S(=O)(=O)NC(C)(C)C)cc2)cc1. The average molecular weight is 433 g/mol. The van der Waals surface area contributed by atoms with E-state index in [2.05, 4.69) is 30.8 Å². The van der Waals surface area contributed by atoms with Crippen LogP contribution in [0, 0.1) is 0 Å². The Hall–Kier alpha value is -2.38. The average Bonchev–Trinajstić information content (AvgIpc) is 2.65. The van der Waals surface area contributed by atoms with Crippen molar-refractivity contribution < 1.29 is 17.9 Å². The Bertz CT molecular complexity index is 958. The minimum absolute atomic E-state index is 0.0952. The van der Waals surface area contributed by atoms with Crippen molar-refractivity contribution in [1.29, 1.82) is 0 Å². The predicted molar refractivity (Wildman–Crippen MR) is 120 cm³/mol. The molecule has 1 amide bonds. The second kappa shape index (κ2) is 9.18. The molecule has 164 valence electrons. The number of carbonyl (C=O) groups is 1. The van der Waals surface area contributed by atoms with Gasteiger partial charge in [0.25, 0.3) is 5.91 Å². The fourth-order valence-corrected chi connectivity index (χ4v) is 4.15. The van der Waals surface area contributed by atoms with Gasteiger partial charge < -0.3 is 10.1 Å². The van der Waals surface area contributed by atoms with Gasteiger partial charge in [-0.2, -0.15) is 0 Å². The zero-order valence-electron chi connectivity index (χ0n) is 18.6. The van der Waals surface area contributed by atoms with Crippen LogP contribution in [0.2, 0.25) is 0 Å². The number of hydrogen-bond acceptors (Lipinski definition) is 4. The largest absolute Gasteiger partial charge is 0.484 e. The lowest BCUT2D eigenvalue weighted by atomic mass is 9.82. The van der Waals surface area contributed by atoms with E-state index in [0.29, 0.717) is 11.4 Å². The van der Waals surface area contributed by atoms with Gasteiger partial charge in [0, 0.05) is 11.2 Å². The summed E-state index contributed by atoms with van der Waals surface area (Å²) in [5.41, 5.74) is 1.24. The maximum atomic E-state index is 12.3. The number of carbonyl (C=O) groups excluding carboxylic acids is 1. The molecule has 2 aromatic rings. The minimum atomic E-state index is -3.61. The zero-order chi connectivity index (χ0) is 22.6. The van der Waals surface area contributed by atoms with Crippen LogP contribution in [0.5, 0.6) is 5.75 Å². The highest BCUT2D eigenvalue weighted by molar-refractivity contribution is 7.89. The first-order valence-corrected chi connectivity index (χ1v) is 11.5. The van der Waals surface area contributed by atoms with Crippen LogP contribution in [0.1, 0.15) is 53.5 Å². The fraction of sp³-hybridized carbons (Fsp3) is 0.435. The van der Waals surface area contributed by atoms with Gasteiger partial charge in [0.2, 0.25) is 10.0 Å². The summed E-state index contributed by atoms with van der Waals surface area (Å²) in [6, 6.07) is 13.8. The van der Waals surface area contributed by atoms with Crippen molar-refractivity contribution in [3.8, 4) is 5.75 Å². The standard InChI is InChI=1S/C23H32N2O4S/c1-7-23(5,6)17-8-12-19(13-9-17)29-16-21(26)24-18-10-14-20(15-11-18)30(27,28)25-22(2,3)4/h8-15,25H,7,16H2,1-6H3,(H,24,26). The van der Waals surface area contributed by atoms with Gasteiger partial charge in [-0.25, -0.2) is 13.1 Å². The number of anilines is 1. The van der Waals surface area contributed by atoms with Crippen LogP contribution in [-0.2, 0) is 20.2 Å². The second-order valence-electron chi connectivity index (χ2n) is 8.98. The van der Waals surface area contributed by atoms with Crippen molar-refractivity contribution in [1.82, 2.24) is 4.72 Å². The summed E-state index contributed by atoms with van der Waals surface area (Å²) in [6.07, 6.45) is 1.03. The van der Waals surface area contributed by atoms with Gasteiger partial charge in [0.05, 0.1) is 4.90 Å². The predicted octanol–water partition coefficient (Wildman–Crippen LogP) is 4.47. The number of benzene rings is 2. The van der Waals surface area contributed by atoms with Gasteiger partial charge in [0.1, 0.15) is 5.75 Å². The molecular formula is C23H32N2O4S. The molecule has 2 aromatic carbocycles. The van der Waals surface area contributed by atoms with Crippen molar-refractivity contribution in [2.24, 2.45) is 0 Å². The van der Waals surface area contributed by atoms with Gasteiger partial charge in [0.15, 0.2) is 6.61 Å². The highest BCUT2D eigenvalue weighted by Crippen LogP contribution is 2.28. The molecule has 2 rings (SSSR count). The molecule has 0 heterocycles. The maximum absolute atomic E-state index is 12.3. The Morgan fingerprint density at radius 1 is 0.933 bits per heavy atom. The van der Waals surface area contributed by atoms with E-state index in [4.69, 9.17) is 4.74 Å². The van der Waals surface area contributed by atoms with Crippen LogP contribution in [0.4, 0.5) is 5.69 Å². The Balaban J connectivity index is 1.92. The maximum Gasteiger partial charge on any atom is 0.262 e. The topological polar surface area (TPSA) is 84.5 Å². The molecule has 6 nitrogen and oxygen atoms in total. The molecule has 0 aliphatic heterocycles. The van der Waals surface area contributed by atoms with E-state index in [0.717, 1.165) is 6.42 Å². The van der Waals surface area contributed by atoms with Crippen molar-refractivity contribution in [2.45, 2.75) is 63.8 Å². The molecule has 0 aliphatic rings. The van der Waals surface area contributed by atoms with Gasteiger partial charge >= 0.3 is 0 Å². The Morgan fingerprint density at radius 2 is 1.50 bits per heavy atom. The fourth-order valence-electron chi connectivity index (χ4n) is 2.73. The van der Waals surface area contributed by atoms with Crippen LogP contribution in [-0.4, -0.2) is 26.5 Å². The Labute approximate surface area is 180 Å². The highest BCUT2D eigenvalue weighted by Gasteiger charge is 2.22. The minimum Gasteiger partial charge on any atom is -0.484 e. The first-order valence-electron chi connectivity index (χ1n) is 10.00. The van der Waals surface area contributed by atoms with E-state index in [1.165, 1.54) is 17.7 Å². The molecule has 7 heteroatoms. The molecule has 0 spiro atoms. The quantitative estimate of drug-likeness (QED) is 0.645. The molecule has 0 saturated heterocycles. The molecule has 0 saturated carbocycles. The lowest BCUT2D eigenvalue weighted by Crippen LogP contribution is -2.40. The van der Waals surface area contributed by atoms with Crippen LogP contribution in [0.3, 0.4) is 0 Å². The van der Waals surface area contributed by atoms with Crippen molar-refractivity contribution in [3.05, 3.63) is 54.1 Å². The lowest BCUT2D eigenvalue weighted by molar-refractivity contribution is -0.118. The molecule has 0 atom stereocenters. The smallest absolute Gasteiger partial charge is 0.262 e. The third-order valence-corrected chi connectivity index (χ3v) is 6.55. The first-order chi connectivity index (χ1) is 13.8. The van der Waals surface area contributed by atoms with Crippen LogP contribution < -0.4 is 14.8 Å². The van der Waals surface area contributed by atoms with Crippen LogP contribution >= 0.6 is 0 Å². The molecule has 0 fully saturated rings. The normalized spacial score (nSPS) is 12.5. The summed E-state index contributed by atoms with van der Waals surface area (Å²) in [7, 11) is -3.61. The van der Waals surface area contributed by atoms with Gasteiger partial charge in [-0.3, -0.25) is 4.79 Å². The Kier molecular flexibility index (Phi) is 7.31. The van der Waals surface area contributed by atoms with E-state index in [-0.39, 0.29) is 22.8 Å². The number of rotatable bonds is 8. The number of sulfonamides is 1. The molecule has 2 N–H and O–H groups in total. The van der Waals surface area contributed by atoms with E-state index in [1.54, 1.807) is 32.9 Å². The monoisotopic (exact) mass is 432 g/mol. The third-order valence-electron chi connectivity index (χ3n) is 4.78. The summed E-state index contributed by atoms with van der Waals surface area (Å²) in [6.45, 7) is 11.7. The molecule has 0 unspecified atom stereocenters.